The van der Waals surface area contributed by atoms with Crippen molar-refractivity contribution in [1.82, 2.24) is 5.32 Å². The molecule has 0 heterocycles. The van der Waals surface area contributed by atoms with Crippen molar-refractivity contribution in [2.45, 2.75) is 22.9 Å². The van der Waals surface area contributed by atoms with Crippen LogP contribution in [0.25, 0.3) is 0 Å². The van der Waals surface area contributed by atoms with Gasteiger partial charge >= 0.3 is 6.18 Å². The van der Waals surface area contributed by atoms with Crippen molar-refractivity contribution >= 4 is 45.0 Å². The van der Waals surface area contributed by atoms with E-state index in [0.717, 1.165) is 28.7 Å². The lowest BCUT2D eigenvalue weighted by molar-refractivity contribution is -0.137. The van der Waals surface area contributed by atoms with Gasteiger partial charge in [0, 0.05) is 22.2 Å². The number of amides is 1. The fourth-order valence-corrected chi connectivity index (χ4v) is 5.37. The number of carbonyl (C=O) groups is 1. The highest BCUT2D eigenvalue weighted by molar-refractivity contribution is 7.99. The van der Waals surface area contributed by atoms with Crippen molar-refractivity contribution in [3.05, 3.63) is 88.9 Å². The van der Waals surface area contributed by atoms with Crippen molar-refractivity contribution in [3.63, 3.8) is 0 Å². The number of anilines is 1. The maximum Gasteiger partial charge on any atom is 0.416 e. The van der Waals surface area contributed by atoms with E-state index < -0.39 is 34.2 Å². The molecule has 3 rings (SSSR count). The first-order chi connectivity index (χ1) is 16.5. The quantitative estimate of drug-likeness (QED) is 0.275. The molecule has 186 valence electrons. The van der Waals surface area contributed by atoms with Gasteiger partial charge in [-0.3, -0.25) is 9.10 Å². The van der Waals surface area contributed by atoms with Gasteiger partial charge in [-0.2, -0.15) is 13.2 Å². The molecule has 0 aliphatic carbocycles. The Morgan fingerprint density at radius 2 is 1.69 bits per heavy atom. The van der Waals surface area contributed by atoms with Gasteiger partial charge in [0.15, 0.2) is 0 Å². The summed E-state index contributed by atoms with van der Waals surface area (Å²) < 4.78 is 67.2. The van der Waals surface area contributed by atoms with Gasteiger partial charge in [0.2, 0.25) is 5.91 Å². The minimum atomic E-state index is -4.67. The molecule has 0 saturated heterocycles. The van der Waals surface area contributed by atoms with Crippen LogP contribution in [0.1, 0.15) is 11.1 Å². The summed E-state index contributed by atoms with van der Waals surface area (Å²) in [6.45, 7) is 1.33. The molecule has 1 N–H and O–H groups in total. The Bertz CT molecular complexity index is 1270. The van der Waals surface area contributed by atoms with Gasteiger partial charge in [0.1, 0.15) is 6.54 Å². The maximum atomic E-state index is 13.3. The highest BCUT2D eigenvalue weighted by Gasteiger charge is 2.33. The van der Waals surface area contributed by atoms with Crippen LogP contribution in [0.5, 0.6) is 0 Å². The van der Waals surface area contributed by atoms with Gasteiger partial charge in [0.05, 0.1) is 16.1 Å². The SMILES string of the molecule is Cc1ccc(S(=O)(=O)N(CC(=O)NCCSc2ccc(Cl)cc2)c2cccc(C(F)(F)F)c2)cc1. The van der Waals surface area contributed by atoms with E-state index >= 15 is 0 Å². The molecule has 35 heavy (non-hydrogen) atoms. The van der Waals surface area contributed by atoms with Crippen molar-refractivity contribution in [3.8, 4) is 0 Å². The van der Waals surface area contributed by atoms with Crippen LogP contribution in [-0.4, -0.2) is 33.2 Å². The molecule has 0 spiro atoms. The van der Waals surface area contributed by atoms with Gasteiger partial charge in [-0.15, -0.1) is 11.8 Å². The Balaban J connectivity index is 1.78. The molecule has 0 atom stereocenters. The number of carbonyl (C=O) groups excluding carboxylic acids is 1. The Morgan fingerprint density at radius 3 is 2.31 bits per heavy atom. The Kier molecular flexibility index (Phi) is 8.74. The third-order valence-corrected chi connectivity index (χ3v) is 7.92. The standard InChI is InChI=1S/C24H22ClF3N2O3S2/c1-17-5-11-22(12-6-17)35(32,33)30(20-4-2-3-18(15-20)24(26,27)28)16-23(31)29-13-14-34-21-9-7-19(25)8-10-21/h2-12,15H,13-14,16H2,1H3,(H,29,31). The fourth-order valence-electron chi connectivity index (χ4n) is 3.07. The lowest BCUT2D eigenvalue weighted by Crippen LogP contribution is -2.41. The van der Waals surface area contributed by atoms with E-state index in [4.69, 9.17) is 11.6 Å². The summed E-state index contributed by atoms with van der Waals surface area (Å²) in [7, 11) is -4.32. The second kappa shape index (κ2) is 11.4. The molecule has 0 radical (unpaired) electrons. The number of halogens is 4. The second-order valence-electron chi connectivity index (χ2n) is 7.53. The van der Waals surface area contributed by atoms with Crippen molar-refractivity contribution in [1.29, 1.82) is 0 Å². The molecule has 0 aliphatic heterocycles. The van der Waals surface area contributed by atoms with Crippen LogP contribution in [0.2, 0.25) is 5.02 Å². The number of nitrogens with zero attached hydrogens (tertiary/aromatic N) is 1. The summed E-state index contributed by atoms with van der Waals surface area (Å²) in [5.74, 6) is -0.142. The van der Waals surface area contributed by atoms with E-state index in [0.29, 0.717) is 15.1 Å². The number of hydrogen-bond donors (Lipinski definition) is 1. The van der Waals surface area contributed by atoms with E-state index in [1.807, 2.05) is 12.1 Å². The smallest absolute Gasteiger partial charge is 0.354 e. The van der Waals surface area contributed by atoms with E-state index in [1.165, 1.54) is 30.0 Å². The highest BCUT2D eigenvalue weighted by Crippen LogP contribution is 2.33. The maximum absolute atomic E-state index is 13.3. The number of sulfonamides is 1. The summed E-state index contributed by atoms with van der Waals surface area (Å²) in [5, 5.41) is 3.23. The van der Waals surface area contributed by atoms with Gasteiger partial charge in [0.25, 0.3) is 10.0 Å². The summed E-state index contributed by atoms with van der Waals surface area (Å²) in [6, 6.07) is 16.9. The van der Waals surface area contributed by atoms with Gasteiger partial charge < -0.3 is 5.32 Å². The number of alkyl halides is 3. The Hall–Kier alpha value is -2.69. The fraction of sp³-hybridized carbons (Fsp3) is 0.208. The highest BCUT2D eigenvalue weighted by atomic mass is 35.5. The number of aryl methyl sites for hydroxylation is 1. The first kappa shape index (κ1) is 26.9. The van der Waals surface area contributed by atoms with Crippen LogP contribution in [0, 0.1) is 6.92 Å². The minimum Gasteiger partial charge on any atom is -0.354 e. The molecular formula is C24H22ClF3N2O3S2. The first-order valence-corrected chi connectivity index (χ1v) is 13.2. The van der Waals surface area contributed by atoms with Crippen LogP contribution in [0.15, 0.2) is 82.6 Å². The number of benzene rings is 3. The third-order valence-electron chi connectivity index (χ3n) is 4.86. The van der Waals surface area contributed by atoms with E-state index in [2.05, 4.69) is 5.32 Å². The zero-order valence-corrected chi connectivity index (χ0v) is 20.9. The average Bonchev–Trinajstić information content (AvgIpc) is 2.81. The Labute approximate surface area is 211 Å². The predicted octanol–water partition coefficient (Wildman–Crippen LogP) is 5.77. The van der Waals surface area contributed by atoms with Crippen molar-refractivity contribution in [2.24, 2.45) is 0 Å². The topological polar surface area (TPSA) is 66.5 Å². The molecule has 5 nitrogen and oxygen atoms in total. The van der Waals surface area contributed by atoms with Crippen molar-refractivity contribution < 1.29 is 26.4 Å². The number of rotatable bonds is 9. The zero-order valence-electron chi connectivity index (χ0n) is 18.5. The minimum absolute atomic E-state index is 0.133. The Morgan fingerprint density at radius 1 is 1.03 bits per heavy atom. The number of thioether (sulfide) groups is 1. The molecule has 0 aliphatic rings. The first-order valence-electron chi connectivity index (χ1n) is 10.4. The van der Waals surface area contributed by atoms with Crippen molar-refractivity contribution in [2.75, 3.05) is 23.1 Å². The summed E-state index contributed by atoms with van der Waals surface area (Å²) in [4.78, 5) is 13.4. The van der Waals surface area contributed by atoms with Gasteiger partial charge in [-0.25, -0.2) is 8.42 Å². The molecule has 3 aromatic rings. The second-order valence-corrected chi connectivity index (χ2v) is 11.0. The van der Waals surface area contributed by atoms with Gasteiger partial charge in [-0.1, -0.05) is 35.4 Å². The van der Waals surface area contributed by atoms with Crippen LogP contribution in [0.4, 0.5) is 18.9 Å². The van der Waals surface area contributed by atoms with Crippen LogP contribution in [-0.2, 0) is 21.0 Å². The molecule has 0 saturated carbocycles. The van der Waals surface area contributed by atoms with E-state index in [9.17, 15) is 26.4 Å². The molecular weight excluding hydrogens is 521 g/mol. The number of hydrogen-bond acceptors (Lipinski definition) is 4. The van der Waals surface area contributed by atoms with E-state index in [-0.39, 0.29) is 17.1 Å². The molecule has 1 amide bonds. The molecule has 0 bridgehead atoms. The molecule has 0 fully saturated rings. The molecule has 0 unspecified atom stereocenters. The normalized spacial score (nSPS) is 11.8. The summed E-state index contributed by atoms with van der Waals surface area (Å²) >= 11 is 7.32. The number of nitrogens with one attached hydrogen (secondary N) is 1. The summed E-state index contributed by atoms with van der Waals surface area (Å²) in [6.07, 6.45) is -4.67. The van der Waals surface area contributed by atoms with Gasteiger partial charge in [-0.05, 0) is 61.5 Å². The lowest BCUT2D eigenvalue weighted by Gasteiger charge is -2.25. The monoisotopic (exact) mass is 542 g/mol. The summed E-state index contributed by atoms with van der Waals surface area (Å²) in [5.41, 5.74) is -0.463. The zero-order chi connectivity index (χ0) is 25.6. The molecule has 11 heteroatoms. The van der Waals surface area contributed by atoms with E-state index in [1.54, 1.807) is 31.2 Å². The van der Waals surface area contributed by atoms with Crippen LogP contribution < -0.4 is 9.62 Å². The van der Waals surface area contributed by atoms with Crippen LogP contribution >= 0.6 is 23.4 Å². The molecule has 3 aromatic carbocycles. The largest absolute Gasteiger partial charge is 0.416 e. The lowest BCUT2D eigenvalue weighted by atomic mass is 10.2. The predicted molar refractivity (Wildman–Crippen MR) is 132 cm³/mol. The third kappa shape index (κ3) is 7.39. The van der Waals surface area contributed by atoms with Crippen LogP contribution in [0.3, 0.4) is 0 Å². The molecule has 0 aromatic heterocycles. The average molecular weight is 543 g/mol.